The van der Waals surface area contributed by atoms with Crippen LogP contribution in [0.25, 0.3) is 0 Å². The van der Waals surface area contributed by atoms with Crippen LogP contribution in [0.2, 0.25) is 0 Å². The smallest absolute Gasteiger partial charge is 0.344 e. The van der Waals surface area contributed by atoms with Crippen LogP contribution in [0.3, 0.4) is 0 Å². The Kier molecular flexibility index (Phi) is 4.52. The minimum atomic E-state index is -0.184. The van der Waals surface area contributed by atoms with Crippen LogP contribution in [0.15, 0.2) is 28.2 Å². The number of nitrogens with zero attached hydrogens (tertiary/aromatic N) is 2. The van der Waals surface area contributed by atoms with Gasteiger partial charge in [0, 0.05) is 17.4 Å². The molecule has 112 valence electrons. The molecule has 0 aliphatic rings. The largest absolute Gasteiger partial charge is 0.384 e. The van der Waals surface area contributed by atoms with Crippen LogP contribution in [0.1, 0.15) is 36.6 Å². The standard InChI is InChI=1S/C14H19N5OS/c1-8(2)19-13(20)17-18-14(19)21-7-11-5-4-10(12(15)16)6-9(11)3/h4-6,8H,7H2,1-3H3,(H3,15,16)(H,17,20). The van der Waals surface area contributed by atoms with Crippen LogP contribution in [-0.4, -0.2) is 20.6 Å². The first kappa shape index (κ1) is 15.4. The number of aryl methyl sites for hydroxylation is 1. The molecule has 21 heavy (non-hydrogen) atoms. The molecule has 0 saturated heterocycles. The molecule has 0 aliphatic heterocycles. The van der Waals surface area contributed by atoms with Gasteiger partial charge in [0.05, 0.1) is 0 Å². The number of benzene rings is 1. The molecule has 0 atom stereocenters. The maximum atomic E-state index is 11.7. The first-order chi connectivity index (χ1) is 9.90. The summed E-state index contributed by atoms with van der Waals surface area (Å²) in [7, 11) is 0. The van der Waals surface area contributed by atoms with Crippen molar-refractivity contribution in [3.8, 4) is 0 Å². The highest BCUT2D eigenvalue weighted by molar-refractivity contribution is 7.98. The Labute approximate surface area is 127 Å². The molecule has 0 fully saturated rings. The SMILES string of the molecule is Cc1cc(C(=N)N)ccc1CSc1n[nH]c(=O)n1C(C)C. The molecule has 0 amide bonds. The van der Waals surface area contributed by atoms with Crippen LogP contribution >= 0.6 is 11.8 Å². The predicted molar refractivity (Wildman–Crippen MR) is 85.0 cm³/mol. The van der Waals surface area contributed by atoms with Gasteiger partial charge in [-0.25, -0.2) is 9.89 Å². The van der Waals surface area contributed by atoms with Crippen molar-refractivity contribution in [2.75, 3.05) is 0 Å². The first-order valence-electron chi connectivity index (χ1n) is 6.63. The van der Waals surface area contributed by atoms with Gasteiger partial charge in [-0.1, -0.05) is 23.9 Å². The zero-order valence-corrected chi connectivity index (χ0v) is 13.1. The summed E-state index contributed by atoms with van der Waals surface area (Å²) in [5.41, 5.74) is 8.23. The van der Waals surface area contributed by atoms with Crippen molar-refractivity contribution in [3.05, 3.63) is 45.4 Å². The summed E-state index contributed by atoms with van der Waals surface area (Å²) in [5.74, 6) is 0.777. The summed E-state index contributed by atoms with van der Waals surface area (Å²) >= 11 is 1.51. The summed E-state index contributed by atoms with van der Waals surface area (Å²) in [6, 6.07) is 5.77. The molecule has 1 aromatic heterocycles. The first-order valence-corrected chi connectivity index (χ1v) is 7.62. The molecule has 0 bridgehead atoms. The van der Waals surface area contributed by atoms with E-state index in [4.69, 9.17) is 11.1 Å². The van der Waals surface area contributed by atoms with Crippen LogP contribution in [0.5, 0.6) is 0 Å². The number of rotatable bonds is 5. The number of aromatic nitrogens is 3. The molecule has 7 heteroatoms. The Bertz CT molecular complexity index is 716. The molecule has 2 rings (SSSR count). The Morgan fingerprint density at radius 3 is 2.81 bits per heavy atom. The van der Waals surface area contributed by atoms with Gasteiger partial charge in [0.15, 0.2) is 5.16 Å². The van der Waals surface area contributed by atoms with E-state index in [1.54, 1.807) is 4.57 Å². The van der Waals surface area contributed by atoms with Gasteiger partial charge in [0.1, 0.15) is 5.84 Å². The molecule has 0 unspecified atom stereocenters. The Balaban J connectivity index is 2.17. The normalized spacial score (nSPS) is 11.0. The second-order valence-corrected chi connectivity index (χ2v) is 6.06. The Morgan fingerprint density at radius 2 is 2.24 bits per heavy atom. The highest BCUT2D eigenvalue weighted by Gasteiger charge is 2.12. The maximum absolute atomic E-state index is 11.7. The molecule has 0 aliphatic carbocycles. The number of aromatic amines is 1. The average Bonchev–Trinajstić information content (AvgIpc) is 2.78. The number of thioether (sulfide) groups is 1. The van der Waals surface area contributed by atoms with Crippen molar-refractivity contribution in [3.63, 3.8) is 0 Å². The highest BCUT2D eigenvalue weighted by Crippen LogP contribution is 2.24. The minimum Gasteiger partial charge on any atom is -0.384 e. The second kappa shape index (κ2) is 6.17. The van der Waals surface area contributed by atoms with E-state index >= 15 is 0 Å². The zero-order valence-electron chi connectivity index (χ0n) is 12.3. The fourth-order valence-electron chi connectivity index (χ4n) is 2.02. The summed E-state index contributed by atoms with van der Waals surface area (Å²) in [5, 5.41) is 14.7. The summed E-state index contributed by atoms with van der Waals surface area (Å²) in [6.45, 7) is 5.89. The van der Waals surface area contributed by atoms with Crippen LogP contribution in [-0.2, 0) is 5.75 Å². The number of hydrogen-bond donors (Lipinski definition) is 3. The van der Waals surface area contributed by atoms with Crippen molar-refractivity contribution in [1.82, 2.24) is 14.8 Å². The van der Waals surface area contributed by atoms with Crippen molar-refractivity contribution < 1.29 is 0 Å². The lowest BCUT2D eigenvalue weighted by molar-refractivity contribution is 0.534. The van der Waals surface area contributed by atoms with Gasteiger partial charge in [0.2, 0.25) is 0 Å². The van der Waals surface area contributed by atoms with Gasteiger partial charge in [-0.2, -0.15) is 0 Å². The summed E-state index contributed by atoms with van der Waals surface area (Å²) in [4.78, 5) is 11.7. The quantitative estimate of drug-likeness (QED) is 0.447. The van der Waals surface area contributed by atoms with Gasteiger partial charge >= 0.3 is 5.69 Å². The van der Waals surface area contributed by atoms with E-state index in [0.717, 1.165) is 16.7 Å². The predicted octanol–water partition coefficient (Wildman–Crippen LogP) is 2.04. The second-order valence-electron chi connectivity index (χ2n) is 5.12. The summed E-state index contributed by atoms with van der Waals surface area (Å²) in [6.07, 6.45) is 0. The van der Waals surface area contributed by atoms with Gasteiger partial charge in [0.25, 0.3) is 0 Å². The third-order valence-electron chi connectivity index (χ3n) is 3.20. The molecule has 6 nitrogen and oxygen atoms in total. The van der Waals surface area contributed by atoms with E-state index in [9.17, 15) is 4.79 Å². The number of H-pyrrole nitrogens is 1. The fourth-order valence-corrected chi connectivity index (χ4v) is 3.17. The number of nitrogens with one attached hydrogen (secondary N) is 2. The number of nitrogens with two attached hydrogens (primary N) is 1. The van der Waals surface area contributed by atoms with Crippen molar-refractivity contribution in [2.45, 2.75) is 37.7 Å². The molecule has 2 aromatic rings. The third-order valence-corrected chi connectivity index (χ3v) is 4.20. The van der Waals surface area contributed by atoms with E-state index in [1.807, 2.05) is 39.0 Å². The summed E-state index contributed by atoms with van der Waals surface area (Å²) < 4.78 is 1.64. The maximum Gasteiger partial charge on any atom is 0.344 e. The van der Waals surface area contributed by atoms with E-state index in [-0.39, 0.29) is 17.6 Å². The topological polar surface area (TPSA) is 101 Å². The van der Waals surface area contributed by atoms with Crippen molar-refractivity contribution in [1.29, 1.82) is 5.41 Å². The van der Waals surface area contributed by atoms with Crippen LogP contribution < -0.4 is 11.4 Å². The van der Waals surface area contributed by atoms with E-state index in [2.05, 4.69) is 10.2 Å². The third kappa shape index (κ3) is 3.36. The Hall–Kier alpha value is -2.02. The minimum absolute atomic E-state index is 0.0678. The van der Waals surface area contributed by atoms with E-state index < -0.39 is 0 Å². The molecule has 1 aromatic carbocycles. The number of amidine groups is 1. The molecular formula is C14H19N5OS. The fraction of sp³-hybridized carbons (Fsp3) is 0.357. The molecule has 0 spiro atoms. The molecular weight excluding hydrogens is 286 g/mol. The van der Waals surface area contributed by atoms with E-state index in [1.165, 1.54) is 11.8 Å². The van der Waals surface area contributed by atoms with Gasteiger partial charge in [-0.3, -0.25) is 9.98 Å². The van der Waals surface area contributed by atoms with Gasteiger partial charge < -0.3 is 5.73 Å². The lowest BCUT2D eigenvalue weighted by Crippen LogP contribution is -2.19. The Morgan fingerprint density at radius 1 is 1.52 bits per heavy atom. The highest BCUT2D eigenvalue weighted by atomic mass is 32.2. The molecule has 4 N–H and O–H groups in total. The van der Waals surface area contributed by atoms with Gasteiger partial charge in [-0.15, -0.1) is 5.10 Å². The van der Waals surface area contributed by atoms with Crippen LogP contribution in [0, 0.1) is 12.3 Å². The van der Waals surface area contributed by atoms with Crippen molar-refractivity contribution >= 4 is 17.6 Å². The molecule has 0 radical (unpaired) electrons. The number of nitrogen functional groups attached to an aromatic ring is 1. The van der Waals surface area contributed by atoms with Crippen molar-refractivity contribution in [2.24, 2.45) is 5.73 Å². The molecule has 0 saturated carbocycles. The van der Waals surface area contributed by atoms with Crippen LogP contribution in [0.4, 0.5) is 0 Å². The zero-order chi connectivity index (χ0) is 15.6. The molecule has 1 heterocycles. The lowest BCUT2D eigenvalue weighted by Gasteiger charge is -2.10. The van der Waals surface area contributed by atoms with Gasteiger partial charge in [-0.05, 0) is 38.0 Å². The monoisotopic (exact) mass is 305 g/mol. The number of hydrogen-bond acceptors (Lipinski definition) is 4. The van der Waals surface area contributed by atoms with E-state index in [0.29, 0.717) is 10.9 Å². The lowest BCUT2D eigenvalue weighted by atomic mass is 10.1. The average molecular weight is 305 g/mol.